The molecule has 0 saturated carbocycles. The monoisotopic (exact) mass is 680 g/mol. The highest BCUT2D eigenvalue weighted by molar-refractivity contribution is 8.76. The molecule has 3 amide bonds. The van der Waals surface area contributed by atoms with Gasteiger partial charge in [-0.15, -0.1) is 5.06 Å². The van der Waals surface area contributed by atoms with Crippen molar-refractivity contribution in [2.45, 2.75) is 49.3 Å². The van der Waals surface area contributed by atoms with E-state index in [0.29, 0.717) is 22.8 Å². The van der Waals surface area contributed by atoms with Crippen LogP contribution < -0.4 is 4.72 Å². The maximum Gasteiger partial charge on any atom is 0.335 e. The zero-order valence-corrected chi connectivity index (χ0v) is 27.5. The van der Waals surface area contributed by atoms with Gasteiger partial charge >= 0.3 is 5.97 Å². The number of hydrogen-bond donors (Lipinski definition) is 1. The van der Waals surface area contributed by atoms with Gasteiger partial charge in [-0.05, 0) is 48.3 Å². The first kappa shape index (κ1) is 36.2. The largest absolute Gasteiger partial charge is 0.379 e. The highest BCUT2D eigenvalue weighted by Gasteiger charge is 2.34. The number of ketones is 1. The molecule has 16 heteroatoms. The molecule has 3 rings (SSSR count). The zero-order valence-electron chi connectivity index (χ0n) is 25.0. The Labute approximate surface area is 270 Å². The van der Waals surface area contributed by atoms with Gasteiger partial charge in [-0.1, -0.05) is 41.1 Å². The number of aromatic nitrogens is 1. The molecule has 1 fully saturated rings. The van der Waals surface area contributed by atoms with Crippen molar-refractivity contribution in [2.24, 2.45) is 0 Å². The van der Waals surface area contributed by atoms with Gasteiger partial charge in [0, 0.05) is 50.5 Å². The van der Waals surface area contributed by atoms with Gasteiger partial charge in [0.25, 0.3) is 11.8 Å². The number of carbonyl (C=O) groups is 5. The number of sulfonamides is 1. The second-order valence-corrected chi connectivity index (χ2v) is 14.3. The number of rotatable bonds is 19. The molecule has 0 spiro atoms. The topological polar surface area (TPSA) is 169 Å². The molecule has 2 heterocycles. The summed E-state index contributed by atoms with van der Waals surface area (Å²) in [5.74, 6) is -2.25. The van der Waals surface area contributed by atoms with Crippen molar-refractivity contribution < 1.29 is 42.0 Å². The van der Waals surface area contributed by atoms with E-state index < -0.39 is 39.0 Å². The number of nitrogens with one attached hydrogen (secondary N) is 1. The molecule has 1 atom stereocenters. The molecule has 0 bridgehead atoms. The molecular weight excluding hydrogens is 645 g/mol. The summed E-state index contributed by atoms with van der Waals surface area (Å²) >= 11 is 0. The number of imide groups is 1. The van der Waals surface area contributed by atoms with Crippen molar-refractivity contribution in [1.29, 1.82) is 0 Å². The minimum atomic E-state index is -4.11. The van der Waals surface area contributed by atoms with Crippen LogP contribution in [0.15, 0.2) is 53.7 Å². The van der Waals surface area contributed by atoms with Crippen LogP contribution in [0.1, 0.15) is 48.5 Å². The van der Waals surface area contributed by atoms with Crippen LogP contribution in [0.5, 0.6) is 0 Å². The molecular formula is C29H36N4O9S3. The number of Topliss-reactive ketones (excluding diaryl/α,β-unsaturated/α-hetero) is 1. The first-order valence-corrected chi connectivity index (χ1v) is 18.0. The average Bonchev–Trinajstić information content (AvgIpc) is 3.33. The van der Waals surface area contributed by atoms with E-state index in [0.717, 1.165) is 10.6 Å². The van der Waals surface area contributed by atoms with Gasteiger partial charge in [0.15, 0.2) is 11.0 Å². The number of hydroxylamine groups is 2. The number of amides is 3. The highest BCUT2D eigenvalue weighted by atomic mass is 33.1. The van der Waals surface area contributed by atoms with Crippen LogP contribution in [-0.4, -0.2) is 97.2 Å². The summed E-state index contributed by atoms with van der Waals surface area (Å²) < 4.78 is 34.3. The predicted molar refractivity (Wildman–Crippen MR) is 168 cm³/mol. The van der Waals surface area contributed by atoms with E-state index in [1.165, 1.54) is 33.4 Å². The Morgan fingerprint density at radius 3 is 2.42 bits per heavy atom. The van der Waals surface area contributed by atoms with Crippen LogP contribution in [0, 0.1) is 0 Å². The predicted octanol–water partition coefficient (Wildman–Crippen LogP) is 2.42. The third-order valence-corrected chi connectivity index (χ3v) is 10.7. The van der Waals surface area contributed by atoms with Crippen molar-refractivity contribution >= 4 is 61.1 Å². The number of ether oxygens (including phenoxy) is 1. The molecule has 1 aliphatic heterocycles. The van der Waals surface area contributed by atoms with Crippen LogP contribution >= 0.6 is 21.6 Å². The number of pyridine rings is 1. The average molecular weight is 681 g/mol. The Kier molecular flexibility index (Phi) is 14.5. The van der Waals surface area contributed by atoms with E-state index in [2.05, 4.69) is 9.71 Å². The third kappa shape index (κ3) is 11.9. The van der Waals surface area contributed by atoms with Gasteiger partial charge in [0.2, 0.25) is 15.9 Å². The molecule has 1 unspecified atom stereocenters. The Hall–Kier alpha value is -3.31. The fourth-order valence-corrected chi connectivity index (χ4v) is 7.61. The van der Waals surface area contributed by atoms with Crippen molar-refractivity contribution in [3.63, 3.8) is 0 Å². The summed E-state index contributed by atoms with van der Waals surface area (Å²) in [6.45, 7) is 1.39. The lowest BCUT2D eigenvalue weighted by Crippen LogP contribution is -2.47. The molecule has 244 valence electrons. The summed E-state index contributed by atoms with van der Waals surface area (Å²) in [4.78, 5) is 70.3. The van der Waals surface area contributed by atoms with Crippen LogP contribution in [-0.2, 0) is 45.2 Å². The molecule has 1 aliphatic rings. The lowest BCUT2D eigenvalue weighted by Gasteiger charge is -2.24. The normalized spacial score (nSPS) is 14.0. The van der Waals surface area contributed by atoms with Gasteiger partial charge in [0.05, 0.1) is 19.6 Å². The van der Waals surface area contributed by atoms with E-state index in [1.807, 2.05) is 24.3 Å². The van der Waals surface area contributed by atoms with E-state index in [-0.39, 0.29) is 57.8 Å². The van der Waals surface area contributed by atoms with Crippen molar-refractivity contribution in [3.8, 4) is 0 Å². The zero-order chi connectivity index (χ0) is 32.8. The molecule has 0 radical (unpaired) electrons. The molecule has 0 aliphatic carbocycles. The van der Waals surface area contributed by atoms with Gasteiger partial charge < -0.3 is 14.5 Å². The lowest BCUT2D eigenvalue weighted by molar-refractivity contribution is -0.198. The summed E-state index contributed by atoms with van der Waals surface area (Å²) in [5, 5.41) is -0.147. The standard InChI is InChI=1S/C29H36N4O9S3/c1-21(34)23-8-6-22(7-9-23)12-17-32(2)29(38)24(14-20-43-44-25-5-3-4-15-30-25)45(39,40)31-16-19-41-18-13-28(37)42-33-26(35)10-11-27(33)36/h3-9,15,24,31H,10-14,16-20H2,1-2H3. The number of nitrogens with zero attached hydrogens (tertiary/aromatic N) is 3. The summed E-state index contributed by atoms with van der Waals surface area (Å²) in [5.41, 5.74) is 1.49. The SMILES string of the molecule is CC(=O)c1ccc(CCN(C)C(=O)C(CCSSc2ccccn2)S(=O)(=O)NCCOCCC(=O)ON2C(=O)CCC2=O)cc1. The van der Waals surface area contributed by atoms with Crippen molar-refractivity contribution in [2.75, 3.05) is 39.1 Å². The van der Waals surface area contributed by atoms with E-state index in [4.69, 9.17) is 9.57 Å². The number of hydrogen-bond acceptors (Lipinski definition) is 12. The fraction of sp³-hybridized carbons (Fsp3) is 0.448. The van der Waals surface area contributed by atoms with Crippen LogP contribution in [0.4, 0.5) is 0 Å². The van der Waals surface area contributed by atoms with Gasteiger partial charge in [0.1, 0.15) is 5.03 Å². The second-order valence-electron chi connectivity index (χ2n) is 9.96. The summed E-state index contributed by atoms with van der Waals surface area (Å²) in [6, 6.07) is 12.5. The fourth-order valence-electron chi connectivity index (χ4n) is 4.04. The van der Waals surface area contributed by atoms with Crippen LogP contribution in [0.3, 0.4) is 0 Å². The van der Waals surface area contributed by atoms with Crippen molar-refractivity contribution in [1.82, 2.24) is 19.7 Å². The maximum atomic E-state index is 13.4. The van der Waals surface area contributed by atoms with Crippen LogP contribution in [0.2, 0.25) is 0 Å². The van der Waals surface area contributed by atoms with E-state index in [1.54, 1.807) is 31.4 Å². The third-order valence-electron chi connectivity index (χ3n) is 6.57. The van der Waals surface area contributed by atoms with Gasteiger partial charge in [-0.2, -0.15) is 0 Å². The lowest BCUT2D eigenvalue weighted by atomic mass is 10.1. The number of likely N-dealkylation sites (N-methyl/N-ethyl adjacent to an activating group) is 1. The Bertz CT molecular complexity index is 1420. The minimum absolute atomic E-state index is 0.0141. The molecule has 1 aromatic heterocycles. The Balaban J connectivity index is 1.50. The minimum Gasteiger partial charge on any atom is -0.379 e. The number of carbonyl (C=O) groups excluding carboxylic acids is 5. The first-order valence-electron chi connectivity index (χ1n) is 14.2. The second kappa shape index (κ2) is 18.0. The van der Waals surface area contributed by atoms with Gasteiger partial charge in [-0.25, -0.2) is 22.9 Å². The molecule has 45 heavy (non-hydrogen) atoms. The molecule has 13 nitrogen and oxygen atoms in total. The first-order chi connectivity index (χ1) is 21.5. The smallest absolute Gasteiger partial charge is 0.335 e. The molecule has 2 aromatic rings. The molecule has 1 aromatic carbocycles. The van der Waals surface area contributed by atoms with Crippen LogP contribution in [0.25, 0.3) is 0 Å². The Morgan fingerprint density at radius 1 is 1.07 bits per heavy atom. The number of benzene rings is 1. The molecule has 1 N–H and O–H groups in total. The summed E-state index contributed by atoms with van der Waals surface area (Å²) in [7, 11) is 0.219. The summed E-state index contributed by atoms with van der Waals surface area (Å²) in [6.07, 6.45) is 1.91. The Morgan fingerprint density at radius 2 is 1.78 bits per heavy atom. The maximum absolute atomic E-state index is 13.4. The van der Waals surface area contributed by atoms with E-state index in [9.17, 15) is 32.4 Å². The molecule has 1 saturated heterocycles. The van der Waals surface area contributed by atoms with Gasteiger partial charge in [-0.3, -0.25) is 19.2 Å². The highest BCUT2D eigenvalue weighted by Crippen LogP contribution is 2.30. The van der Waals surface area contributed by atoms with Crippen molar-refractivity contribution in [3.05, 3.63) is 59.8 Å². The quantitative estimate of drug-likeness (QED) is 0.0997. The van der Waals surface area contributed by atoms with E-state index >= 15 is 0 Å².